The van der Waals surface area contributed by atoms with Gasteiger partial charge in [-0.1, -0.05) is 41.7 Å². The first-order chi connectivity index (χ1) is 17.9. The van der Waals surface area contributed by atoms with E-state index in [1.165, 1.54) is 18.2 Å². The van der Waals surface area contributed by atoms with Crippen LogP contribution < -0.4 is 5.32 Å². The SMILES string of the molecule is [B]C1C([B])([B])C(=O)NC(=O)C1([B])N1Cc2cc(C([B])([B])N([B])C(=O)C(F)(F)c3ccc(Cl)cc3)ccc2C1=O. The molecule has 1 N–H and O–H groups in total. The van der Waals surface area contributed by atoms with Gasteiger partial charge in [0.05, 0.1) is 44.7 Å². The predicted molar refractivity (Wildman–Crippen MR) is 143 cm³/mol. The van der Waals surface area contributed by atoms with Crippen molar-refractivity contribution in [1.82, 2.24) is 15.0 Å². The molecule has 17 heteroatoms. The summed E-state index contributed by atoms with van der Waals surface area (Å²) in [6.45, 7) is -0.376. The number of amides is 4. The van der Waals surface area contributed by atoms with E-state index in [9.17, 15) is 28.0 Å². The third-order valence-electron chi connectivity index (χ3n) is 6.88. The first kappa shape index (κ1) is 29.1. The van der Waals surface area contributed by atoms with Gasteiger partial charge in [-0.15, -0.1) is 0 Å². The quantitative estimate of drug-likeness (QED) is 0.413. The van der Waals surface area contributed by atoms with Gasteiger partial charge in [-0.2, -0.15) is 8.78 Å². The zero-order chi connectivity index (χ0) is 29.3. The molecule has 14 radical (unpaired) electrons. The highest BCUT2D eigenvalue weighted by Gasteiger charge is 2.57. The second-order valence-corrected chi connectivity index (χ2v) is 9.80. The summed E-state index contributed by atoms with van der Waals surface area (Å²) in [4.78, 5) is 51.4. The minimum absolute atomic E-state index is 0.0114. The highest BCUT2D eigenvalue weighted by molar-refractivity contribution is 6.58. The van der Waals surface area contributed by atoms with E-state index in [0.717, 1.165) is 29.2 Å². The Bertz CT molecular complexity index is 1410. The second kappa shape index (κ2) is 9.35. The summed E-state index contributed by atoms with van der Waals surface area (Å²) < 4.78 is 29.9. The largest absolute Gasteiger partial charge is 0.398 e. The van der Waals surface area contributed by atoms with Crippen molar-refractivity contribution in [2.24, 2.45) is 0 Å². The van der Waals surface area contributed by atoms with Crippen molar-refractivity contribution in [2.45, 2.75) is 34.3 Å². The van der Waals surface area contributed by atoms with Gasteiger partial charge in [0, 0.05) is 22.7 Å². The van der Waals surface area contributed by atoms with Crippen LogP contribution in [-0.2, 0) is 32.2 Å². The molecule has 4 rings (SSSR count). The van der Waals surface area contributed by atoms with Crippen LogP contribution in [0.15, 0.2) is 42.5 Å². The van der Waals surface area contributed by atoms with Crippen LogP contribution in [0.4, 0.5) is 8.78 Å². The van der Waals surface area contributed by atoms with Crippen molar-refractivity contribution < 1.29 is 28.0 Å². The summed E-state index contributed by atoms with van der Waals surface area (Å²) in [7, 11) is 41.5. The summed E-state index contributed by atoms with van der Waals surface area (Å²) in [5.74, 6) is -10.8. The fraction of sp³-hybridized carbons (Fsp3) is 0.273. The molecule has 2 aliphatic heterocycles. The van der Waals surface area contributed by atoms with Crippen molar-refractivity contribution in [1.29, 1.82) is 0 Å². The number of halogens is 3. The van der Waals surface area contributed by atoms with Gasteiger partial charge in [0.2, 0.25) is 19.8 Å². The third kappa shape index (κ3) is 4.35. The van der Waals surface area contributed by atoms with E-state index in [2.05, 4.69) is 0 Å². The van der Waals surface area contributed by atoms with Crippen molar-refractivity contribution in [2.75, 3.05) is 0 Å². The lowest BCUT2D eigenvalue weighted by Gasteiger charge is -2.52. The van der Waals surface area contributed by atoms with Gasteiger partial charge in [-0.25, -0.2) is 0 Å². The molecule has 0 aromatic heterocycles. The Morgan fingerprint density at radius 3 is 2.18 bits per heavy atom. The number of rotatable bonds is 5. The molecule has 7 nitrogen and oxygen atoms in total. The van der Waals surface area contributed by atoms with Gasteiger partial charge < -0.3 is 9.71 Å². The fourth-order valence-electron chi connectivity index (χ4n) is 4.36. The van der Waals surface area contributed by atoms with Crippen molar-refractivity contribution in [3.63, 3.8) is 0 Å². The average molecular weight is 530 g/mol. The maximum absolute atomic E-state index is 14.9. The van der Waals surface area contributed by atoms with Crippen LogP contribution in [-0.4, -0.2) is 93.8 Å². The minimum Gasteiger partial charge on any atom is -0.398 e. The Labute approximate surface area is 237 Å². The number of benzene rings is 2. The Kier molecular flexibility index (Phi) is 6.98. The van der Waals surface area contributed by atoms with Gasteiger partial charge in [-0.3, -0.25) is 24.5 Å². The zero-order valence-corrected chi connectivity index (χ0v) is 20.8. The average Bonchev–Trinajstić information content (AvgIpc) is 3.22. The molecule has 0 bridgehead atoms. The standard InChI is InChI=1S/C22H11B7ClF2N3O4/c23-15-19(24,25)16(37)33-17(38)20(15,26)34-8-9-7-11(3-6-13(9)14(34)36)22(27,28)35(29)18(39)21(31,32)10-1-4-12(30)5-2-10/h1-7,15H,8H2,(H,33,37,38). The van der Waals surface area contributed by atoms with Gasteiger partial charge in [-0.05, 0) is 39.9 Å². The number of hydrogen-bond donors (Lipinski definition) is 1. The molecule has 0 aliphatic carbocycles. The normalized spacial score (nSPS) is 22.8. The van der Waals surface area contributed by atoms with E-state index in [1.54, 1.807) is 0 Å². The smallest absolute Gasteiger partial charge is 0.348 e. The summed E-state index contributed by atoms with van der Waals surface area (Å²) in [5, 5.41) is -2.73. The lowest BCUT2D eigenvalue weighted by atomic mass is 9.35. The molecule has 2 heterocycles. The number of nitrogens with one attached hydrogen (secondary N) is 1. The maximum Gasteiger partial charge on any atom is 0.348 e. The van der Waals surface area contributed by atoms with E-state index in [1.807, 2.05) is 5.32 Å². The Balaban J connectivity index is 1.64. The van der Waals surface area contributed by atoms with Gasteiger partial charge in [0.25, 0.3) is 11.8 Å². The van der Waals surface area contributed by atoms with E-state index in [4.69, 9.17) is 66.7 Å². The van der Waals surface area contributed by atoms with E-state index < -0.39 is 56.9 Å². The van der Waals surface area contributed by atoms with E-state index >= 15 is 0 Å². The van der Waals surface area contributed by atoms with Crippen molar-refractivity contribution in [3.05, 3.63) is 69.7 Å². The highest BCUT2D eigenvalue weighted by atomic mass is 35.5. The van der Waals surface area contributed by atoms with Crippen LogP contribution in [0, 0.1) is 0 Å². The molecule has 39 heavy (non-hydrogen) atoms. The van der Waals surface area contributed by atoms with Gasteiger partial charge in [0.1, 0.15) is 7.85 Å². The number of carbonyl (C=O) groups is 4. The maximum atomic E-state index is 14.9. The van der Waals surface area contributed by atoms with Crippen LogP contribution in [0.25, 0.3) is 0 Å². The summed E-state index contributed by atoms with van der Waals surface area (Å²) in [6.07, 6.45) is 0. The van der Waals surface area contributed by atoms with Crippen molar-refractivity contribution in [3.8, 4) is 0 Å². The summed E-state index contributed by atoms with van der Waals surface area (Å²) in [5.41, 5.74) is -3.03. The topological polar surface area (TPSA) is 86.8 Å². The summed E-state index contributed by atoms with van der Waals surface area (Å²) in [6, 6.07) is 7.83. The fourth-order valence-corrected chi connectivity index (χ4v) is 4.48. The summed E-state index contributed by atoms with van der Waals surface area (Å²) >= 11 is 5.72. The first-order valence-corrected chi connectivity index (χ1v) is 11.5. The molecule has 2 atom stereocenters. The van der Waals surface area contributed by atoms with Crippen LogP contribution in [0.5, 0.6) is 0 Å². The first-order valence-electron chi connectivity index (χ1n) is 11.1. The van der Waals surface area contributed by atoms with Gasteiger partial charge in [0.15, 0.2) is 0 Å². The Morgan fingerprint density at radius 1 is 1.03 bits per heavy atom. The molecule has 2 aromatic carbocycles. The lowest BCUT2D eigenvalue weighted by molar-refractivity contribution is -0.155. The Hall–Kier alpha value is -2.88. The second-order valence-electron chi connectivity index (χ2n) is 9.36. The van der Waals surface area contributed by atoms with Crippen LogP contribution in [0.3, 0.4) is 0 Å². The van der Waals surface area contributed by atoms with E-state index in [-0.39, 0.29) is 33.1 Å². The number of imide groups is 1. The van der Waals surface area contributed by atoms with E-state index in [0.29, 0.717) is 0 Å². The molecular weight excluding hydrogens is 519 g/mol. The minimum atomic E-state index is -4.13. The molecule has 0 spiro atoms. The lowest BCUT2D eigenvalue weighted by Crippen LogP contribution is -2.70. The number of alkyl halides is 2. The molecule has 2 aromatic rings. The molecule has 0 saturated carbocycles. The molecule has 1 saturated heterocycles. The molecule has 4 amide bonds. The molecule has 1 fully saturated rings. The number of fused-ring (bicyclic) bond motifs is 1. The number of piperidine rings is 1. The predicted octanol–water partition coefficient (Wildman–Crippen LogP) is -0.621. The molecule has 2 aliphatic rings. The number of hydrogen-bond acceptors (Lipinski definition) is 4. The van der Waals surface area contributed by atoms with Crippen LogP contribution in [0.1, 0.15) is 27.0 Å². The molecule has 180 valence electrons. The van der Waals surface area contributed by atoms with Crippen molar-refractivity contribution >= 4 is 90.3 Å². The monoisotopic (exact) mass is 531 g/mol. The molecular formula is C22H11B7ClF2N3O4. The van der Waals surface area contributed by atoms with Crippen LogP contribution in [0.2, 0.25) is 16.1 Å². The highest BCUT2D eigenvalue weighted by Crippen LogP contribution is 2.47. The molecule has 2 unspecified atom stereocenters. The number of nitrogens with zero attached hydrogens (tertiary/aromatic N) is 2. The van der Waals surface area contributed by atoms with Crippen LogP contribution >= 0.6 is 11.6 Å². The Morgan fingerprint density at radius 2 is 1.59 bits per heavy atom. The zero-order valence-electron chi connectivity index (χ0n) is 20.0. The van der Waals surface area contributed by atoms with Gasteiger partial charge >= 0.3 is 5.92 Å². The number of carbonyl (C=O) groups excluding carboxylic acids is 4. The third-order valence-corrected chi connectivity index (χ3v) is 7.14.